The molecule has 1 rings (SSSR count). The van der Waals surface area contributed by atoms with Crippen molar-refractivity contribution in [3.8, 4) is 5.75 Å². The molecule has 0 aliphatic rings. The van der Waals surface area contributed by atoms with E-state index in [4.69, 9.17) is 19.7 Å². The number of rotatable bonds is 2. The first kappa shape index (κ1) is 12.3. The van der Waals surface area contributed by atoms with Gasteiger partial charge in [-0.25, -0.2) is 4.79 Å². The largest absolute Gasteiger partial charge is 0.503 e. The molecular weight excluding hydrogens is 184 g/mol. The number of para-hydroxylation sites is 1. The van der Waals surface area contributed by atoms with Gasteiger partial charge in [0.1, 0.15) is 5.75 Å². The minimum absolute atomic E-state index is 0.741. The highest BCUT2D eigenvalue weighted by molar-refractivity contribution is 5.53. The smallest absolute Gasteiger partial charge is 0.494 e. The maximum atomic E-state index is 8.56. The van der Waals surface area contributed by atoms with Crippen molar-refractivity contribution in [2.75, 3.05) is 6.61 Å². The molecule has 0 heterocycles. The zero-order valence-electron chi connectivity index (χ0n) is 8.23. The Morgan fingerprint density at radius 3 is 2.29 bits per heavy atom. The normalized spacial score (nSPS) is 8.43. The van der Waals surface area contributed by atoms with Crippen LogP contribution in [0.5, 0.6) is 5.75 Å². The quantitative estimate of drug-likeness (QED) is 0.766. The molecule has 0 aliphatic heterocycles. The van der Waals surface area contributed by atoms with E-state index in [9.17, 15) is 0 Å². The SMILES string of the molecule is CCOc1ccccc1C.O=C(O)O. The summed E-state index contributed by atoms with van der Waals surface area (Å²) < 4.78 is 5.34. The third-order valence-electron chi connectivity index (χ3n) is 1.39. The van der Waals surface area contributed by atoms with Gasteiger partial charge >= 0.3 is 6.16 Å². The fraction of sp³-hybridized carbons (Fsp3) is 0.300. The Morgan fingerprint density at radius 1 is 1.36 bits per heavy atom. The fourth-order valence-electron chi connectivity index (χ4n) is 0.874. The van der Waals surface area contributed by atoms with E-state index in [0.29, 0.717) is 0 Å². The van der Waals surface area contributed by atoms with Gasteiger partial charge in [-0.2, -0.15) is 0 Å². The summed E-state index contributed by atoms with van der Waals surface area (Å²) in [5.41, 5.74) is 1.20. The van der Waals surface area contributed by atoms with Gasteiger partial charge in [-0.15, -0.1) is 0 Å². The summed E-state index contributed by atoms with van der Waals surface area (Å²) in [7, 11) is 0. The molecule has 0 amide bonds. The van der Waals surface area contributed by atoms with E-state index >= 15 is 0 Å². The van der Waals surface area contributed by atoms with Crippen molar-refractivity contribution in [2.45, 2.75) is 13.8 Å². The van der Waals surface area contributed by atoms with E-state index in [1.165, 1.54) is 5.56 Å². The lowest BCUT2D eigenvalue weighted by Crippen LogP contribution is -1.92. The first-order chi connectivity index (χ1) is 6.57. The second-order valence-corrected chi connectivity index (χ2v) is 2.48. The standard InChI is InChI=1S/C9H12O.CH2O3/c1-3-10-9-7-5-4-6-8(9)2;2-1(3)4/h4-7H,3H2,1-2H3;(H2,2,3,4). The number of carboxylic acid groups (broad SMARTS) is 2. The van der Waals surface area contributed by atoms with E-state index < -0.39 is 6.16 Å². The third kappa shape index (κ3) is 5.88. The molecule has 0 bridgehead atoms. The fourth-order valence-corrected chi connectivity index (χ4v) is 0.874. The Hall–Kier alpha value is -1.71. The van der Waals surface area contributed by atoms with Crippen LogP contribution in [-0.4, -0.2) is 23.0 Å². The van der Waals surface area contributed by atoms with Crippen LogP contribution in [0.25, 0.3) is 0 Å². The van der Waals surface area contributed by atoms with Crippen LogP contribution in [0.3, 0.4) is 0 Å². The highest BCUT2D eigenvalue weighted by Gasteiger charge is 1.93. The Kier molecular flexibility index (Phi) is 5.94. The lowest BCUT2D eigenvalue weighted by molar-refractivity contribution is 0.137. The lowest BCUT2D eigenvalue weighted by atomic mass is 10.2. The molecule has 0 unspecified atom stereocenters. The van der Waals surface area contributed by atoms with Gasteiger partial charge in [0.05, 0.1) is 6.61 Å². The van der Waals surface area contributed by atoms with Gasteiger partial charge in [0, 0.05) is 0 Å². The number of benzene rings is 1. The molecule has 2 N–H and O–H groups in total. The van der Waals surface area contributed by atoms with Crippen molar-refractivity contribution in [1.29, 1.82) is 0 Å². The monoisotopic (exact) mass is 198 g/mol. The van der Waals surface area contributed by atoms with Crippen molar-refractivity contribution in [3.05, 3.63) is 29.8 Å². The topological polar surface area (TPSA) is 66.8 Å². The number of aryl methyl sites for hydroxylation is 1. The summed E-state index contributed by atoms with van der Waals surface area (Å²) in [4.78, 5) is 8.56. The molecule has 0 saturated heterocycles. The van der Waals surface area contributed by atoms with Crippen molar-refractivity contribution in [2.24, 2.45) is 0 Å². The van der Waals surface area contributed by atoms with Crippen LogP contribution in [0.2, 0.25) is 0 Å². The van der Waals surface area contributed by atoms with Gasteiger partial charge in [0.25, 0.3) is 0 Å². The summed E-state index contributed by atoms with van der Waals surface area (Å²) in [5, 5.41) is 13.9. The zero-order valence-corrected chi connectivity index (χ0v) is 8.23. The van der Waals surface area contributed by atoms with E-state index in [-0.39, 0.29) is 0 Å². The first-order valence-electron chi connectivity index (χ1n) is 4.18. The molecule has 0 aliphatic carbocycles. The van der Waals surface area contributed by atoms with Crippen molar-refractivity contribution in [1.82, 2.24) is 0 Å². The third-order valence-corrected chi connectivity index (χ3v) is 1.39. The number of ether oxygens (including phenoxy) is 1. The van der Waals surface area contributed by atoms with Crippen molar-refractivity contribution in [3.63, 3.8) is 0 Å². The van der Waals surface area contributed by atoms with Gasteiger partial charge in [-0.1, -0.05) is 18.2 Å². The van der Waals surface area contributed by atoms with Gasteiger partial charge in [0.15, 0.2) is 0 Å². The Bertz CT molecular complexity index is 279. The van der Waals surface area contributed by atoms with Gasteiger partial charge in [-0.3, -0.25) is 0 Å². The van der Waals surface area contributed by atoms with Crippen LogP contribution in [0.15, 0.2) is 24.3 Å². The van der Waals surface area contributed by atoms with E-state index in [0.717, 1.165) is 12.4 Å². The second kappa shape index (κ2) is 6.77. The predicted octanol–water partition coefficient (Wildman–Crippen LogP) is 2.62. The molecule has 4 nitrogen and oxygen atoms in total. The first-order valence-corrected chi connectivity index (χ1v) is 4.18. The summed E-state index contributed by atoms with van der Waals surface area (Å²) in [6.07, 6.45) is -1.83. The van der Waals surface area contributed by atoms with Gasteiger partial charge in [-0.05, 0) is 25.5 Å². The lowest BCUT2D eigenvalue weighted by Gasteiger charge is -2.04. The molecule has 78 valence electrons. The number of hydrogen-bond acceptors (Lipinski definition) is 2. The summed E-state index contributed by atoms with van der Waals surface area (Å²) >= 11 is 0. The summed E-state index contributed by atoms with van der Waals surface area (Å²) in [6, 6.07) is 8.03. The Labute approximate surface area is 82.8 Å². The molecule has 14 heavy (non-hydrogen) atoms. The van der Waals surface area contributed by atoms with Crippen LogP contribution >= 0.6 is 0 Å². The van der Waals surface area contributed by atoms with Crippen molar-refractivity contribution < 1.29 is 19.7 Å². The van der Waals surface area contributed by atoms with E-state index in [1.807, 2.05) is 38.1 Å². The highest BCUT2D eigenvalue weighted by atomic mass is 16.6. The molecule has 0 atom stereocenters. The average Bonchev–Trinajstić information content (AvgIpc) is 2.08. The molecule has 4 heteroatoms. The zero-order chi connectivity index (χ0) is 11.0. The molecule has 1 aromatic carbocycles. The van der Waals surface area contributed by atoms with Crippen LogP contribution in [-0.2, 0) is 0 Å². The van der Waals surface area contributed by atoms with Crippen molar-refractivity contribution >= 4 is 6.16 Å². The summed E-state index contributed by atoms with van der Waals surface area (Å²) in [5.74, 6) is 0.991. The highest BCUT2D eigenvalue weighted by Crippen LogP contribution is 2.15. The molecule has 1 aromatic rings. The van der Waals surface area contributed by atoms with Gasteiger partial charge < -0.3 is 14.9 Å². The molecule has 0 fully saturated rings. The Morgan fingerprint density at radius 2 is 1.86 bits per heavy atom. The molecule has 0 radical (unpaired) electrons. The van der Waals surface area contributed by atoms with E-state index in [1.54, 1.807) is 0 Å². The molecule has 0 saturated carbocycles. The number of hydrogen-bond donors (Lipinski definition) is 2. The Balaban J connectivity index is 0.000000364. The van der Waals surface area contributed by atoms with Crippen LogP contribution in [0, 0.1) is 6.92 Å². The summed E-state index contributed by atoms with van der Waals surface area (Å²) in [6.45, 7) is 4.78. The minimum Gasteiger partial charge on any atom is -0.494 e. The molecular formula is C10H14O4. The average molecular weight is 198 g/mol. The van der Waals surface area contributed by atoms with Crippen LogP contribution < -0.4 is 4.74 Å². The van der Waals surface area contributed by atoms with Crippen LogP contribution in [0.1, 0.15) is 12.5 Å². The second-order valence-electron chi connectivity index (χ2n) is 2.48. The van der Waals surface area contributed by atoms with Gasteiger partial charge in [0.2, 0.25) is 0 Å². The number of carbonyl (C=O) groups is 1. The maximum absolute atomic E-state index is 8.56. The molecule has 0 aromatic heterocycles. The minimum atomic E-state index is -1.83. The molecule has 0 spiro atoms. The van der Waals surface area contributed by atoms with Crippen LogP contribution in [0.4, 0.5) is 4.79 Å². The van der Waals surface area contributed by atoms with E-state index in [2.05, 4.69) is 0 Å². The predicted molar refractivity (Wildman–Crippen MR) is 53.0 cm³/mol. The maximum Gasteiger partial charge on any atom is 0.503 e.